The van der Waals surface area contributed by atoms with Crippen LogP contribution in [0.3, 0.4) is 0 Å². The van der Waals surface area contributed by atoms with Crippen LogP contribution in [0.2, 0.25) is 0 Å². The molecule has 3 aromatic rings. The van der Waals surface area contributed by atoms with E-state index < -0.39 is 12.1 Å². The summed E-state index contributed by atoms with van der Waals surface area (Å²) in [5, 5.41) is 3.25. The van der Waals surface area contributed by atoms with Gasteiger partial charge in [-0.1, -0.05) is 36.4 Å². The number of carbonyl (C=O) groups excluding carboxylic acids is 2. The van der Waals surface area contributed by atoms with Gasteiger partial charge in [0.05, 0.1) is 0 Å². The van der Waals surface area contributed by atoms with Gasteiger partial charge in [-0.15, -0.1) is 11.3 Å². The number of esters is 1. The van der Waals surface area contributed by atoms with Gasteiger partial charge < -0.3 is 10.1 Å². The zero-order valence-corrected chi connectivity index (χ0v) is 14.6. The van der Waals surface area contributed by atoms with E-state index in [4.69, 9.17) is 4.74 Å². The van der Waals surface area contributed by atoms with Crippen LogP contribution in [0, 0.1) is 5.82 Å². The third-order valence-electron chi connectivity index (χ3n) is 4.20. The zero-order valence-electron chi connectivity index (χ0n) is 13.8. The lowest BCUT2D eigenvalue weighted by Gasteiger charge is -2.17. The first-order chi connectivity index (χ1) is 12.6. The molecule has 0 saturated heterocycles. The summed E-state index contributed by atoms with van der Waals surface area (Å²) in [6.45, 7) is 0. The highest BCUT2D eigenvalue weighted by atomic mass is 32.1. The second-order valence-corrected chi connectivity index (χ2v) is 7.32. The minimum atomic E-state index is -1.03. The van der Waals surface area contributed by atoms with Gasteiger partial charge in [0.25, 0.3) is 5.91 Å². The fourth-order valence-corrected chi connectivity index (χ4v) is 3.65. The second-order valence-electron chi connectivity index (χ2n) is 6.24. The molecule has 1 aliphatic carbocycles. The summed E-state index contributed by atoms with van der Waals surface area (Å²) in [6.07, 6.45) is 0.854. The van der Waals surface area contributed by atoms with Crippen molar-refractivity contribution < 1.29 is 18.7 Å². The molecular weight excluding hydrogens is 353 g/mol. The number of amides is 1. The molecule has 132 valence electrons. The maximum Gasteiger partial charge on any atom is 0.349 e. The maximum atomic E-state index is 13.9. The van der Waals surface area contributed by atoms with E-state index in [-0.39, 0.29) is 22.6 Å². The fraction of sp³-hybridized carbons (Fsp3) is 0.200. The van der Waals surface area contributed by atoms with Crippen LogP contribution in [-0.4, -0.2) is 17.9 Å². The van der Waals surface area contributed by atoms with Gasteiger partial charge in [0.15, 0.2) is 0 Å². The van der Waals surface area contributed by atoms with Gasteiger partial charge >= 0.3 is 5.97 Å². The van der Waals surface area contributed by atoms with Gasteiger partial charge in [-0.3, -0.25) is 4.79 Å². The van der Waals surface area contributed by atoms with Crippen molar-refractivity contribution in [3.05, 3.63) is 70.9 Å². The van der Waals surface area contributed by atoms with E-state index in [1.165, 1.54) is 12.1 Å². The van der Waals surface area contributed by atoms with E-state index in [0.29, 0.717) is 15.6 Å². The lowest BCUT2D eigenvalue weighted by molar-refractivity contribution is -0.130. The smallest absolute Gasteiger partial charge is 0.349 e. The monoisotopic (exact) mass is 369 g/mol. The number of hydrogen-bond acceptors (Lipinski definition) is 4. The van der Waals surface area contributed by atoms with E-state index in [0.717, 1.165) is 24.2 Å². The van der Waals surface area contributed by atoms with E-state index in [1.54, 1.807) is 36.4 Å². The minimum absolute atomic E-state index is 0.158. The third kappa shape index (κ3) is 3.46. The topological polar surface area (TPSA) is 55.4 Å². The highest BCUT2D eigenvalue weighted by Crippen LogP contribution is 2.30. The molecule has 0 bridgehead atoms. The van der Waals surface area contributed by atoms with Gasteiger partial charge in [-0.05, 0) is 31.0 Å². The minimum Gasteiger partial charge on any atom is -0.443 e. The summed E-state index contributed by atoms with van der Waals surface area (Å²) < 4.78 is 20.0. The summed E-state index contributed by atoms with van der Waals surface area (Å²) in [5.74, 6) is -1.35. The molecule has 0 spiro atoms. The predicted octanol–water partition coefficient (Wildman–Crippen LogP) is 4.22. The molecule has 1 aromatic heterocycles. The molecule has 2 aromatic carbocycles. The van der Waals surface area contributed by atoms with E-state index in [2.05, 4.69) is 5.32 Å². The number of halogens is 1. The Kier molecular flexibility index (Phi) is 4.42. The van der Waals surface area contributed by atoms with Gasteiger partial charge in [0.1, 0.15) is 10.7 Å². The quantitative estimate of drug-likeness (QED) is 0.685. The normalized spacial score (nSPS) is 14.8. The van der Waals surface area contributed by atoms with Crippen molar-refractivity contribution in [2.45, 2.75) is 25.0 Å². The maximum absolute atomic E-state index is 13.9. The summed E-state index contributed by atoms with van der Waals surface area (Å²) >= 11 is 1.15. The molecule has 1 N–H and O–H groups in total. The first kappa shape index (κ1) is 16.7. The number of ether oxygens (including phenoxy) is 1. The van der Waals surface area contributed by atoms with Gasteiger partial charge in [0.2, 0.25) is 6.10 Å². The Hall–Kier alpha value is -2.73. The van der Waals surface area contributed by atoms with Crippen molar-refractivity contribution in [2.24, 2.45) is 0 Å². The molecule has 0 radical (unpaired) electrons. The van der Waals surface area contributed by atoms with Gasteiger partial charge in [-0.25, -0.2) is 9.18 Å². The van der Waals surface area contributed by atoms with Crippen molar-refractivity contribution in [2.75, 3.05) is 0 Å². The van der Waals surface area contributed by atoms with Gasteiger partial charge in [0, 0.05) is 21.7 Å². The molecule has 0 aliphatic heterocycles. The number of benzene rings is 2. The molecule has 1 saturated carbocycles. The number of hydrogen-bond donors (Lipinski definition) is 1. The number of carbonyl (C=O) groups is 2. The van der Waals surface area contributed by atoms with Crippen molar-refractivity contribution in [1.82, 2.24) is 5.32 Å². The van der Waals surface area contributed by atoms with Crippen LogP contribution in [0.4, 0.5) is 4.39 Å². The lowest BCUT2D eigenvalue weighted by atomic mass is 10.1. The van der Waals surface area contributed by atoms with Crippen LogP contribution < -0.4 is 5.32 Å². The van der Waals surface area contributed by atoms with Crippen LogP contribution in [0.15, 0.2) is 54.6 Å². The Labute approximate surface area is 153 Å². The van der Waals surface area contributed by atoms with Crippen molar-refractivity contribution >= 4 is 33.3 Å². The number of fused-ring (bicyclic) bond motifs is 1. The van der Waals surface area contributed by atoms with Crippen molar-refractivity contribution in [3.63, 3.8) is 0 Å². The average Bonchev–Trinajstić information content (AvgIpc) is 3.34. The molecule has 6 heteroatoms. The Balaban J connectivity index is 1.60. The largest absolute Gasteiger partial charge is 0.443 e. The Morgan fingerprint density at radius 2 is 1.88 bits per heavy atom. The fourth-order valence-electron chi connectivity index (χ4n) is 2.70. The summed E-state index contributed by atoms with van der Waals surface area (Å²) in [4.78, 5) is 25.4. The van der Waals surface area contributed by atoms with Crippen LogP contribution >= 0.6 is 11.3 Å². The standard InChI is InChI=1S/C20H16FNO3S/c21-15-7-4-8-16-14(15)11-17(26-16)20(24)25-18(12-5-2-1-3-6-12)19(23)22-13-9-10-13/h1-8,11,13,18H,9-10H2,(H,22,23). The first-order valence-corrected chi connectivity index (χ1v) is 9.18. The molecular formula is C20H16FNO3S. The van der Waals surface area contributed by atoms with E-state index in [9.17, 15) is 14.0 Å². The zero-order chi connectivity index (χ0) is 18.1. The highest BCUT2D eigenvalue weighted by Gasteiger charge is 2.31. The molecule has 26 heavy (non-hydrogen) atoms. The number of thiophene rings is 1. The molecule has 1 unspecified atom stereocenters. The molecule has 1 fully saturated rings. The molecule has 1 amide bonds. The molecule has 1 aliphatic rings. The van der Waals surface area contributed by atoms with Crippen LogP contribution in [-0.2, 0) is 9.53 Å². The summed E-state index contributed by atoms with van der Waals surface area (Å²) in [5.41, 5.74) is 0.603. The van der Waals surface area contributed by atoms with Crippen LogP contribution in [0.5, 0.6) is 0 Å². The number of rotatable bonds is 5. The van der Waals surface area contributed by atoms with E-state index in [1.807, 2.05) is 6.07 Å². The molecule has 4 nitrogen and oxygen atoms in total. The lowest BCUT2D eigenvalue weighted by Crippen LogP contribution is -2.33. The van der Waals surface area contributed by atoms with Crippen LogP contribution in [0.25, 0.3) is 10.1 Å². The average molecular weight is 369 g/mol. The van der Waals surface area contributed by atoms with Gasteiger partial charge in [-0.2, -0.15) is 0 Å². The Morgan fingerprint density at radius 3 is 2.58 bits per heavy atom. The molecule has 1 heterocycles. The van der Waals surface area contributed by atoms with Crippen LogP contribution in [0.1, 0.15) is 34.2 Å². The molecule has 1 atom stereocenters. The van der Waals surface area contributed by atoms with Crippen molar-refractivity contribution in [1.29, 1.82) is 0 Å². The Bertz CT molecular complexity index is 966. The highest BCUT2D eigenvalue weighted by molar-refractivity contribution is 7.20. The number of nitrogens with one attached hydrogen (secondary N) is 1. The summed E-state index contributed by atoms with van der Waals surface area (Å²) in [6, 6.07) is 15.2. The van der Waals surface area contributed by atoms with E-state index >= 15 is 0 Å². The first-order valence-electron chi connectivity index (χ1n) is 8.36. The second kappa shape index (κ2) is 6.88. The Morgan fingerprint density at radius 1 is 1.12 bits per heavy atom. The predicted molar refractivity (Wildman–Crippen MR) is 97.5 cm³/mol. The SMILES string of the molecule is O=C(OC(C(=O)NC1CC1)c1ccccc1)c1cc2c(F)cccc2s1. The summed E-state index contributed by atoms with van der Waals surface area (Å²) in [7, 11) is 0. The van der Waals surface area contributed by atoms with Crippen molar-refractivity contribution in [3.8, 4) is 0 Å². The third-order valence-corrected chi connectivity index (χ3v) is 5.28. The molecule has 4 rings (SSSR count).